The molecule has 0 spiro atoms. The van der Waals surface area contributed by atoms with Crippen LogP contribution in [0.2, 0.25) is 5.15 Å². The highest BCUT2D eigenvalue weighted by atomic mass is 35.5. The second-order valence-corrected chi connectivity index (χ2v) is 9.79. The summed E-state index contributed by atoms with van der Waals surface area (Å²) in [7, 11) is 0. The zero-order valence-electron chi connectivity index (χ0n) is 17.7. The summed E-state index contributed by atoms with van der Waals surface area (Å²) in [6.45, 7) is 8.77. The molecule has 0 bridgehead atoms. The van der Waals surface area contributed by atoms with E-state index >= 15 is 0 Å². The highest BCUT2D eigenvalue weighted by Gasteiger charge is 2.13. The first-order valence-electron chi connectivity index (χ1n) is 9.74. The molecule has 2 N–H and O–H groups in total. The summed E-state index contributed by atoms with van der Waals surface area (Å²) in [5.41, 5.74) is 2.30. The summed E-state index contributed by atoms with van der Waals surface area (Å²) in [5, 5.41) is 12.9. The minimum atomic E-state index is -0.287. The van der Waals surface area contributed by atoms with Crippen LogP contribution in [0.4, 0.5) is 5.13 Å². The van der Waals surface area contributed by atoms with Gasteiger partial charge in [-0.1, -0.05) is 25.4 Å². The fraction of sp³-hybridized carbons (Fsp3) is 0.333. The van der Waals surface area contributed by atoms with Gasteiger partial charge in [-0.2, -0.15) is 5.10 Å². The third kappa shape index (κ3) is 6.25. The largest absolute Gasteiger partial charge is 0.351 e. The number of hydrogen-bond donors (Lipinski definition) is 2. The molecule has 164 valence electrons. The lowest BCUT2D eigenvalue weighted by atomic mass is 10.2. The predicted molar refractivity (Wildman–Crippen MR) is 127 cm³/mol. The zero-order chi connectivity index (χ0) is 22.5. The Balaban J connectivity index is 1.63. The monoisotopic (exact) mass is 477 g/mol. The van der Waals surface area contributed by atoms with Gasteiger partial charge in [0.2, 0.25) is 11.8 Å². The number of hydrogen-bond acceptors (Lipinski definition) is 6. The molecule has 0 aliphatic carbocycles. The summed E-state index contributed by atoms with van der Waals surface area (Å²) in [5.74, 6) is 0.0665. The molecule has 0 unspecified atom stereocenters. The smallest absolute Gasteiger partial charge is 0.250 e. The molecule has 10 heteroatoms. The SMILES string of the molecule is CC(=O)NCc1ccc(-c2csc(NC(=O)/C=C/c3c(C)nn(CC(C)C)c3Cl)n2)s1. The van der Waals surface area contributed by atoms with Crippen LogP contribution in [0, 0.1) is 12.8 Å². The van der Waals surface area contributed by atoms with Crippen molar-refractivity contribution < 1.29 is 9.59 Å². The standard InChI is InChI=1S/C21H24ClN5O2S2/c1-12(2)10-27-20(22)16(13(3)26-27)6-8-19(29)25-21-24-17(11-30-21)18-7-5-15(31-18)9-23-14(4)28/h5-8,11-12H,9-10H2,1-4H3,(H,23,28)(H,24,25,29)/b8-6+. The van der Waals surface area contributed by atoms with Crippen molar-refractivity contribution in [1.29, 1.82) is 0 Å². The molecule has 0 atom stereocenters. The topological polar surface area (TPSA) is 88.9 Å². The Bertz CT molecular complexity index is 1110. The first-order valence-corrected chi connectivity index (χ1v) is 11.8. The molecule has 31 heavy (non-hydrogen) atoms. The maximum atomic E-state index is 12.4. The van der Waals surface area contributed by atoms with Gasteiger partial charge < -0.3 is 5.32 Å². The van der Waals surface area contributed by atoms with Crippen LogP contribution in [0.3, 0.4) is 0 Å². The third-order valence-electron chi connectivity index (χ3n) is 4.21. The van der Waals surface area contributed by atoms with Crippen LogP contribution in [-0.2, 0) is 22.7 Å². The molecule has 7 nitrogen and oxygen atoms in total. The quantitative estimate of drug-likeness (QED) is 0.448. The van der Waals surface area contributed by atoms with Gasteiger partial charge in [-0.3, -0.25) is 19.6 Å². The highest BCUT2D eigenvalue weighted by molar-refractivity contribution is 7.17. The molecule has 2 amide bonds. The van der Waals surface area contributed by atoms with E-state index in [0.717, 1.165) is 33.3 Å². The first-order chi connectivity index (χ1) is 14.7. The highest BCUT2D eigenvalue weighted by Crippen LogP contribution is 2.31. The van der Waals surface area contributed by atoms with Crippen molar-refractivity contribution in [3.8, 4) is 10.6 Å². The number of anilines is 1. The summed E-state index contributed by atoms with van der Waals surface area (Å²) in [4.78, 5) is 29.9. The fourth-order valence-corrected chi connectivity index (χ4v) is 4.80. The van der Waals surface area contributed by atoms with E-state index < -0.39 is 0 Å². The number of rotatable bonds is 8. The van der Waals surface area contributed by atoms with Crippen molar-refractivity contribution in [1.82, 2.24) is 20.1 Å². The summed E-state index contributed by atoms with van der Waals surface area (Å²) in [6.07, 6.45) is 3.12. The van der Waals surface area contributed by atoms with Crippen LogP contribution in [0.1, 0.15) is 36.9 Å². The zero-order valence-corrected chi connectivity index (χ0v) is 20.1. The van der Waals surface area contributed by atoms with E-state index in [-0.39, 0.29) is 11.8 Å². The van der Waals surface area contributed by atoms with E-state index in [1.807, 2.05) is 24.4 Å². The Morgan fingerprint density at radius 2 is 2.10 bits per heavy atom. The van der Waals surface area contributed by atoms with E-state index in [9.17, 15) is 9.59 Å². The lowest BCUT2D eigenvalue weighted by molar-refractivity contribution is -0.119. The molecule has 0 aliphatic heterocycles. The summed E-state index contributed by atoms with van der Waals surface area (Å²) >= 11 is 9.33. The van der Waals surface area contributed by atoms with Gasteiger partial charge in [-0.15, -0.1) is 22.7 Å². The third-order valence-corrected chi connectivity index (χ3v) is 6.47. The van der Waals surface area contributed by atoms with Crippen molar-refractivity contribution >= 4 is 57.3 Å². The number of nitrogens with one attached hydrogen (secondary N) is 2. The van der Waals surface area contributed by atoms with Gasteiger partial charge in [0, 0.05) is 35.4 Å². The van der Waals surface area contributed by atoms with Gasteiger partial charge in [-0.05, 0) is 31.1 Å². The normalized spacial score (nSPS) is 11.4. The predicted octanol–water partition coefficient (Wildman–Crippen LogP) is 4.97. The Morgan fingerprint density at radius 3 is 2.81 bits per heavy atom. The minimum absolute atomic E-state index is 0.0644. The Hall–Kier alpha value is -2.49. The number of carbonyl (C=O) groups is 2. The molecular weight excluding hydrogens is 454 g/mol. The van der Waals surface area contributed by atoms with Crippen molar-refractivity contribution in [2.45, 2.75) is 40.8 Å². The number of thiazole rings is 1. The number of nitrogens with zero attached hydrogens (tertiary/aromatic N) is 3. The lowest BCUT2D eigenvalue weighted by Gasteiger charge is -2.05. The van der Waals surface area contributed by atoms with E-state index in [4.69, 9.17) is 11.6 Å². The molecule has 0 saturated carbocycles. The number of aryl methyl sites for hydroxylation is 1. The average molecular weight is 478 g/mol. The van der Waals surface area contributed by atoms with Crippen LogP contribution in [0.5, 0.6) is 0 Å². The molecule has 0 fully saturated rings. The number of thiophene rings is 1. The van der Waals surface area contributed by atoms with E-state index in [1.165, 1.54) is 24.3 Å². The van der Waals surface area contributed by atoms with Crippen molar-refractivity contribution in [2.75, 3.05) is 5.32 Å². The molecule has 0 aromatic carbocycles. The van der Waals surface area contributed by atoms with Gasteiger partial charge >= 0.3 is 0 Å². The second kappa shape index (κ2) is 10.2. The number of amides is 2. The Labute approximate surface area is 194 Å². The maximum absolute atomic E-state index is 12.4. The van der Waals surface area contributed by atoms with Crippen molar-refractivity contribution in [3.63, 3.8) is 0 Å². The van der Waals surface area contributed by atoms with Crippen molar-refractivity contribution in [2.24, 2.45) is 5.92 Å². The van der Waals surface area contributed by atoms with Crippen LogP contribution >= 0.6 is 34.3 Å². The minimum Gasteiger partial charge on any atom is -0.351 e. The second-order valence-electron chi connectivity index (χ2n) is 7.40. The van der Waals surface area contributed by atoms with E-state index in [2.05, 4.69) is 34.6 Å². The first kappa shape index (κ1) is 23.2. The van der Waals surface area contributed by atoms with Gasteiger partial charge in [-0.25, -0.2) is 4.98 Å². The molecule has 3 aromatic rings. The number of halogens is 1. The van der Waals surface area contributed by atoms with E-state index in [1.54, 1.807) is 22.1 Å². The molecule has 0 aliphatic rings. The Morgan fingerprint density at radius 1 is 1.32 bits per heavy atom. The summed E-state index contributed by atoms with van der Waals surface area (Å²) < 4.78 is 1.76. The van der Waals surface area contributed by atoms with Gasteiger partial charge in [0.25, 0.3) is 0 Å². The van der Waals surface area contributed by atoms with Crippen LogP contribution < -0.4 is 10.6 Å². The number of carbonyl (C=O) groups excluding carboxylic acids is 2. The Kier molecular flexibility index (Phi) is 7.64. The molecular formula is C21H24ClN5O2S2. The van der Waals surface area contributed by atoms with Gasteiger partial charge in [0.1, 0.15) is 5.15 Å². The fourth-order valence-electron chi connectivity index (χ4n) is 2.80. The van der Waals surface area contributed by atoms with Crippen LogP contribution in [0.25, 0.3) is 16.6 Å². The molecule has 3 rings (SSSR count). The number of aromatic nitrogens is 3. The average Bonchev–Trinajstić information content (AvgIpc) is 3.39. The van der Waals surface area contributed by atoms with E-state index in [0.29, 0.717) is 22.7 Å². The molecule has 0 saturated heterocycles. The van der Waals surface area contributed by atoms with Crippen molar-refractivity contribution in [3.05, 3.63) is 44.9 Å². The summed E-state index contributed by atoms with van der Waals surface area (Å²) in [6, 6.07) is 3.92. The molecule has 3 heterocycles. The maximum Gasteiger partial charge on any atom is 0.250 e. The molecule has 3 aromatic heterocycles. The van der Waals surface area contributed by atoms with Crippen LogP contribution in [0.15, 0.2) is 23.6 Å². The molecule has 0 radical (unpaired) electrons. The van der Waals surface area contributed by atoms with Gasteiger partial charge in [0.05, 0.1) is 22.8 Å². The van der Waals surface area contributed by atoms with Gasteiger partial charge in [0.15, 0.2) is 5.13 Å². The lowest BCUT2D eigenvalue weighted by Crippen LogP contribution is -2.17. The van der Waals surface area contributed by atoms with Crippen LogP contribution in [-0.4, -0.2) is 26.6 Å².